The van der Waals surface area contributed by atoms with Crippen molar-refractivity contribution in [3.63, 3.8) is 0 Å². The number of ether oxygens (including phenoxy) is 1. The molecule has 0 aliphatic carbocycles. The monoisotopic (exact) mass is 354 g/mol. The number of rotatable bonds is 8. The van der Waals surface area contributed by atoms with Gasteiger partial charge in [0.25, 0.3) is 5.91 Å². The molecule has 0 unspecified atom stereocenters. The number of nitrogens with one attached hydrogen (secondary N) is 2. The summed E-state index contributed by atoms with van der Waals surface area (Å²) >= 11 is 0. The van der Waals surface area contributed by atoms with E-state index in [0.29, 0.717) is 36.6 Å². The maximum absolute atomic E-state index is 12.0. The Morgan fingerprint density at radius 3 is 2.23 bits per heavy atom. The third-order valence-electron chi connectivity index (χ3n) is 4.08. The highest BCUT2D eigenvalue weighted by Gasteiger charge is 2.07. The molecule has 2 aromatic carbocycles. The van der Waals surface area contributed by atoms with Crippen LogP contribution in [0.1, 0.15) is 48.5 Å². The minimum absolute atomic E-state index is 0.0546. The molecule has 0 radical (unpaired) electrons. The van der Waals surface area contributed by atoms with E-state index < -0.39 is 0 Å². The Labute approximate surface area is 154 Å². The Bertz CT molecular complexity index is 722. The minimum atomic E-state index is -0.155. The molecule has 0 fully saturated rings. The van der Waals surface area contributed by atoms with Crippen molar-refractivity contribution in [1.29, 1.82) is 0 Å². The van der Waals surface area contributed by atoms with Crippen LogP contribution in [0.25, 0.3) is 0 Å². The van der Waals surface area contributed by atoms with Crippen LogP contribution < -0.4 is 15.4 Å². The number of anilines is 1. The normalized spacial score (nSPS) is 10.5. The first-order valence-electron chi connectivity index (χ1n) is 8.81. The smallest absolute Gasteiger partial charge is 0.251 e. The molecule has 2 N–H and O–H groups in total. The van der Waals surface area contributed by atoms with Gasteiger partial charge in [-0.1, -0.05) is 26.0 Å². The lowest BCUT2D eigenvalue weighted by Crippen LogP contribution is -2.25. The van der Waals surface area contributed by atoms with E-state index in [1.807, 2.05) is 24.3 Å². The summed E-state index contributed by atoms with van der Waals surface area (Å²) in [5, 5.41) is 5.69. The van der Waals surface area contributed by atoms with E-state index in [-0.39, 0.29) is 11.8 Å². The Balaban J connectivity index is 1.69. The number of amides is 2. The molecule has 0 aliphatic rings. The Morgan fingerprint density at radius 2 is 1.65 bits per heavy atom. The molecule has 0 saturated heterocycles. The highest BCUT2D eigenvalue weighted by molar-refractivity contribution is 5.94. The molecule has 5 heteroatoms. The summed E-state index contributed by atoms with van der Waals surface area (Å²) in [5.74, 6) is 0.965. The van der Waals surface area contributed by atoms with Crippen molar-refractivity contribution < 1.29 is 14.3 Å². The van der Waals surface area contributed by atoms with Crippen molar-refractivity contribution >= 4 is 17.5 Å². The van der Waals surface area contributed by atoms with Crippen LogP contribution in [0, 0.1) is 0 Å². The SMILES string of the molecule is COc1ccc(C(=O)NCCCC(=O)Nc2ccc(C(C)C)cc2)cc1. The summed E-state index contributed by atoms with van der Waals surface area (Å²) in [7, 11) is 1.58. The average molecular weight is 354 g/mol. The van der Waals surface area contributed by atoms with Gasteiger partial charge in [-0.3, -0.25) is 9.59 Å². The van der Waals surface area contributed by atoms with Crippen molar-refractivity contribution in [3.8, 4) is 5.75 Å². The lowest BCUT2D eigenvalue weighted by Gasteiger charge is -2.09. The summed E-state index contributed by atoms with van der Waals surface area (Å²) in [6.07, 6.45) is 0.937. The van der Waals surface area contributed by atoms with Crippen LogP contribution >= 0.6 is 0 Å². The molecule has 2 amide bonds. The van der Waals surface area contributed by atoms with Gasteiger partial charge in [0.2, 0.25) is 5.91 Å². The van der Waals surface area contributed by atoms with Gasteiger partial charge >= 0.3 is 0 Å². The zero-order valence-corrected chi connectivity index (χ0v) is 15.5. The Hall–Kier alpha value is -2.82. The van der Waals surface area contributed by atoms with Gasteiger partial charge in [-0.25, -0.2) is 0 Å². The topological polar surface area (TPSA) is 67.4 Å². The molecular formula is C21H26N2O3. The lowest BCUT2D eigenvalue weighted by atomic mass is 10.0. The number of hydrogen-bond donors (Lipinski definition) is 2. The molecule has 5 nitrogen and oxygen atoms in total. The maximum Gasteiger partial charge on any atom is 0.251 e. The first-order valence-corrected chi connectivity index (χ1v) is 8.81. The predicted octanol–water partition coefficient (Wildman–Crippen LogP) is 3.97. The van der Waals surface area contributed by atoms with Gasteiger partial charge in [0.1, 0.15) is 5.75 Å². The molecule has 0 atom stereocenters. The van der Waals surface area contributed by atoms with Gasteiger partial charge in [-0.15, -0.1) is 0 Å². The van der Waals surface area contributed by atoms with Crippen molar-refractivity contribution in [2.45, 2.75) is 32.6 Å². The van der Waals surface area contributed by atoms with Gasteiger partial charge in [0.15, 0.2) is 0 Å². The van der Waals surface area contributed by atoms with E-state index in [0.717, 1.165) is 5.69 Å². The molecule has 0 heterocycles. The van der Waals surface area contributed by atoms with Crippen LogP contribution in [0.3, 0.4) is 0 Å². The average Bonchev–Trinajstić information content (AvgIpc) is 2.65. The number of benzene rings is 2. The van der Waals surface area contributed by atoms with Gasteiger partial charge in [-0.05, 0) is 54.3 Å². The van der Waals surface area contributed by atoms with Gasteiger partial charge in [0, 0.05) is 24.2 Å². The van der Waals surface area contributed by atoms with Crippen LogP contribution in [-0.2, 0) is 4.79 Å². The van der Waals surface area contributed by atoms with Crippen LogP contribution in [0.2, 0.25) is 0 Å². The van der Waals surface area contributed by atoms with Crippen molar-refractivity contribution in [2.24, 2.45) is 0 Å². The fourth-order valence-electron chi connectivity index (χ4n) is 2.47. The van der Waals surface area contributed by atoms with Crippen LogP contribution in [-0.4, -0.2) is 25.5 Å². The fourth-order valence-corrected chi connectivity index (χ4v) is 2.47. The second-order valence-corrected chi connectivity index (χ2v) is 6.41. The first-order chi connectivity index (χ1) is 12.5. The predicted molar refractivity (Wildman–Crippen MR) is 104 cm³/mol. The molecule has 0 aliphatic heterocycles. The first kappa shape index (κ1) is 19.5. The number of carbonyl (C=O) groups is 2. The van der Waals surface area contributed by atoms with Crippen LogP contribution in [0.4, 0.5) is 5.69 Å². The van der Waals surface area contributed by atoms with E-state index in [4.69, 9.17) is 4.74 Å². The molecule has 0 saturated carbocycles. The summed E-state index contributed by atoms with van der Waals surface area (Å²) in [4.78, 5) is 24.0. The summed E-state index contributed by atoms with van der Waals surface area (Å²) in [6.45, 7) is 4.71. The number of hydrogen-bond acceptors (Lipinski definition) is 3. The summed E-state index contributed by atoms with van der Waals surface area (Å²) in [5.41, 5.74) is 2.60. The lowest BCUT2D eigenvalue weighted by molar-refractivity contribution is -0.116. The summed E-state index contributed by atoms with van der Waals surface area (Å²) < 4.78 is 5.06. The maximum atomic E-state index is 12.0. The minimum Gasteiger partial charge on any atom is -0.497 e. The Morgan fingerprint density at radius 1 is 1.00 bits per heavy atom. The largest absolute Gasteiger partial charge is 0.497 e. The highest BCUT2D eigenvalue weighted by atomic mass is 16.5. The molecular weight excluding hydrogens is 328 g/mol. The van der Waals surface area contributed by atoms with E-state index >= 15 is 0 Å². The van der Waals surface area contributed by atoms with Crippen LogP contribution in [0.15, 0.2) is 48.5 Å². The standard InChI is InChI=1S/C21H26N2O3/c1-15(2)16-6-10-18(11-7-16)23-20(24)5-4-14-22-21(25)17-8-12-19(26-3)13-9-17/h6-13,15H,4-5,14H2,1-3H3,(H,22,25)(H,23,24). The third kappa shape index (κ3) is 5.92. The van der Waals surface area contributed by atoms with Gasteiger partial charge in [-0.2, -0.15) is 0 Å². The molecule has 26 heavy (non-hydrogen) atoms. The van der Waals surface area contributed by atoms with Crippen LogP contribution in [0.5, 0.6) is 5.75 Å². The van der Waals surface area contributed by atoms with Crippen molar-refractivity contribution in [1.82, 2.24) is 5.32 Å². The molecule has 2 rings (SSSR count). The van der Waals surface area contributed by atoms with E-state index in [1.54, 1.807) is 31.4 Å². The Kier molecular flexibility index (Phi) is 7.21. The number of methoxy groups -OCH3 is 1. The second-order valence-electron chi connectivity index (χ2n) is 6.41. The summed E-state index contributed by atoms with van der Waals surface area (Å²) in [6, 6.07) is 14.8. The molecule has 2 aromatic rings. The second kappa shape index (κ2) is 9.61. The van der Waals surface area contributed by atoms with Crippen molar-refractivity contribution in [3.05, 3.63) is 59.7 Å². The zero-order chi connectivity index (χ0) is 18.9. The van der Waals surface area contributed by atoms with E-state index in [2.05, 4.69) is 24.5 Å². The van der Waals surface area contributed by atoms with E-state index in [1.165, 1.54) is 5.56 Å². The molecule has 0 bridgehead atoms. The highest BCUT2D eigenvalue weighted by Crippen LogP contribution is 2.17. The van der Waals surface area contributed by atoms with Crippen molar-refractivity contribution in [2.75, 3.05) is 19.0 Å². The quantitative estimate of drug-likeness (QED) is 0.705. The molecule has 0 aromatic heterocycles. The van der Waals surface area contributed by atoms with Gasteiger partial charge < -0.3 is 15.4 Å². The molecule has 138 valence electrons. The zero-order valence-electron chi connectivity index (χ0n) is 15.5. The third-order valence-corrected chi connectivity index (χ3v) is 4.08. The number of carbonyl (C=O) groups excluding carboxylic acids is 2. The van der Waals surface area contributed by atoms with Gasteiger partial charge in [0.05, 0.1) is 7.11 Å². The molecule has 0 spiro atoms. The van der Waals surface area contributed by atoms with E-state index in [9.17, 15) is 9.59 Å². The fraction of sp³-hybridized carbons (Fsp3) is 0.333.